The van der Waals surface area contributed by atoms with Crippen LogP contribution in [0.2, 0.25) is 0 Å². The molecule has 0 saturated heterocycles. The molecule has 110 valence electrons. The van der Waals surface area contributed by atoms with E-state index in [4.69, 9.17) is 9.72 Å². The maximum absolute atomic E-state index is 5.78. The van der Waals surface area contributed by atoms with Gasteiger partial charge in [0.05, 0.1) is 18.3 Å². The largest absolute Gasteiger partial charge is 0.493 e. The van der Waals surface area contributed by atoms with Crippen molar-refractivity contribution < 1.29 is 4.74 Å². The molecule has 2 unspecified atom stereocenters. The highest BCUT2D eigenvalue weighted by atomic mass is 32.1. The van der Waals surface area contributed by atoms with Crippen molar-refractivity contribution in [1.29, 1.82) is 0 Å². The minimum Gasteiger partial charge on any atom is -0.493 e. The van der Waals surface area contributed by atoms with Gasteiger partial charge in [0.15, 0.2) is 0 Å². The smallest absolute Gasteiger partial charge is 0.123 e. The molecule has 1 N–H and O–H groups in total. The molecule has 2 aliphatic rings. The minimum atomic E-state index is 0.406. The molecule has 3 nitrogen and oxygen atoms in total. The highest BCUT2D eigenvalue weighted by Crippen LogP contribution is 2.42. The molecule has 0 amide bonds. The first kappa shape index (κ1) is 13.3. The molecular formula is C17H20N2OS. The van der Waals surface area contributed by atoms with E-state index < -0.39 is 0 Å². The van der Waals surface area contributed by atoms with Crippen molar-refractivity contribution in [2.45, 2.75) is 37.6 Å². The van der Waals surface area contributed by atoms with Gasteiger partial charge >= 0.3 is 0 Å². The molecule has 0 spiro atoms. The molecule has 1 aliphatic carbocycles. The number of benzene rings is 1. The number of fused-ring (bicyclic) bond motifs is 2. The standard InChI is InChI=1S/C17H20N2OS/c1-18-13-6-4-8-15-16(13)19-17(21-15)12-9-10-20-14-7-3-2-5-11(12)14/h2-3,5,7,12-13,18H,4,6,8-10H2,1H3. The summed E-state index contributed by atoms with van der Waals surface area (Å²) in [5.41, 5.74) is 2.60. The highest BCUT2D eigenvalue weighted by Gasteiger charge is 2.29. The Balaban J connectivity index is 1.74. The summed E-state index contributed by atoms with van der Waals surface area (Å²) in [6, 6.07) is 8.85. The fourth-order valence-corrected chi connectivity index (χ4v) is 4.79. The van der Waals surface area contributed by atoms with Gasteiger partial charge in [-0.05, 0) is 38.8 Å². The number of aryl methyl sites for hydroxylation is 1. The Morgan fingerprint density at radius 3 is 3.10 bits per heavy atom. The van der Waals surface area contributed by atoms with Crippen molar-refractivity contribution in [2.24, 2.45) is 0 Å². The molecule has 2 heterocycles. The summed E-state index contributed by atoms with van der Waals surface area (Å²) < 4.78 is 5.78. The van der Waals surface area contributed by atoms with Crippen molar-refractivity contribution in [2.75, 3.05) is 13.7 Å². The summed E-state index contributed by atoms with van der Waals surface area (Å²) in [5, 5.41) is 4.69. The highest BCUT2D eigenvalue weighted by molar-refractivity contribution is 7.11. The number of nitrogens with one attached hydrogen (secondary N) is 1. The lowest BCUT2D eigenvalue weighted by molar-refractivity contribution is 0.276. The van der Waals surface area contributed by atoms with E-state index in [9.17, 15) is 0 Å². The first-order valence-corrected chi connectivity index (χ1v) is 8.57. The zero-order valence-electron chi connectivity index (χ0n) is 12.3. The Morgan fingerprint density at radius 2 is 2.19 bits per heavy atom. The summed E-state index contributed by atoms with van der Waals surface area (Å²) in [7, 11) is 2.04. The van der Waals surface area contributed by atoms with Gasteiger partial charge < -0.3 is 10.1 Å². The van der Waals surface area contributed by atoms with Crippen LogP contribution in [-0.4, -0.2) is 18.6 Å². The Hall–Kier alpha value is -1.39. The molecule has 2 aromatic rings. The van der Waals surface area contributed by atoms with E-state index in [1.165, 1.54) is 40.4 Å². The van der Waals surface area contributed by atoms with Crippen LogP contribution in [0.15, 0.2) is 24.3 Å². The third kappa shape index (κ3) is 2.27. The van der Waals surface area contributed by atoms with Crippen molar-refractivity contribution >= 4 is 11.3 Å². The number of rotatable bonds is 2. The molecule has 2 atom stereocenters. The fraction of sp³-hybridized carbons (Fsp3) is 0.471. The van der Waals surface area contributed by atoms with Crippen LogP contribution in [0.25, 0.3) is 0 Å². The van der Waals surface area contributed by atoms with Gasteiger partial charge in [-0.1, -0.05) is 18.2 Å². The van der Waals surface area contributed by atoms with Crippen LogP contribution in [0.1, 0.15) is 52.4 Å². The Labute approximate surface area is 129 Å². The quantitative estimate of drug-likeness (QED) is 0.919. The van der Waals surface area contributed by atoms with Crippen LogP contribution in [-0.2, 0) is 6.42 Å². The average molecular weight is 300 g/mol. The zero-order chi connectivity index (χ0) is 14.2. The molecule has 1 aromatic carbocycles. The van der Waals surface area contributed by atoms with Crippen molar-refractivity contribution in [3.05, 3.63) is 45.4 Å². The lowest BCUT2D eigenvalue weighted by atomic mass is 9.93. The number of thiazole rings is 1. The predicted octanol–water partition coefficient (Wildman–Crippen LogP) is 3.65. The summed E-state index contributed by atoms with van der Waals surface area (Å²) in [5.74, 6) is 1.44. The number of para-hydroxylation sites is 1. The molecular weight excluding hydrogens is 280 g/mol. The minimum absolute atomic E-state index is 0.406. The van der Waals surface area contributed by atoms with Crippen LogP contribution >= 0.6 is 11.3 Å². The first-order valence-electron chi connectivity index (χ1n) is 7.75. The van der Waals surface area contributed by atoms with Gasteiger partial charge in [0.1, 0.15) is 10.8 Å². The van der Waals surface area contributed by atoms with Gasteiger partial charge in [-0.15, -0.1) is 11.3 Å². The van der Waals surface area contributed by atoms with Crippen LogP contribution in [0.4, 0.5) is 0 Å². The van der Waals surface area contributed by atoms with E-state index in [0.29, 0.717) is 12.0 Å². The van der Waals surface area contributed by atoms with Crippen LogP contribution in [0.5, 0.6) is 5.75 Å². The molecule has 0 radical (unpaired) electrons. The van der Waals surface area contributed by atoms with E-state index in [2.05, 4.69) is 23.5 Å². The Bertz CT molecular complexity index is 652. The SMILES string of the molecule is CNC1CCCc2sc(C3CCOc4ccccc43)nc21. The topological polar surface area (TPSA) is 34.1 Å². The second-order valence-electron chi connectivity index (χ2n) is 5.82. The number of nitrogens with zero attached hydrogens (tertiary/aromatic N) is 1. The molecule has 0 bridgehead atoms. The average Bonchev–Trinajstić information content (AvgIpc) is 2.98. The van der Waals surface area contributed by atoms with Gasteiger partial charge in [0, 0.05) is 16.4 Å². The Kier molecular flexibility index (Phi) is 3.43. The van der Waals surface area contributed by atoms with Gasteiger partial charge in [-0.3, -0.25) is 0 Å². The number of hydrogen-bond acceptors (Lipinski definition) is 4. The van der Waals surface area contributed by atoms with E-state index in [1.54, 1.807) is 0 Å². The maximum atomic E-state index is 5.78. The molecule has 0 saturated carbocycles. The maximum Gasteiger partial charge on any atom is 0.123 e. The fourth-order valence-electron chi connectivity index (χ4n) is 3.47. The van der Waals surface area contributed by atoms with E-state index in [-0.39, 0.29) is 0 Å². The first-order chi connectivity index (χ1) is 10.4. The van der Waals surface area contributed by atoms with E-state index in [0.717, 1.165) is 18.8 Å². The van der Waals surface area contributed by atoms with Crippen LogP contribution < -0.4 is 10.1 Å². The van der Waals surface area contributed by atoms with E-state index in [1.807, 2.05) is 24.5 Å². The van der Waals surface area contributed by atoms with Crippen molar-refractivity contribution in [3.63, 3.8) is 0 Å². The monoisotopic (exact) mass is 300 g/mol. The second-order valence-corrected chi connectivity index (χ2v) is 6.94. The van der Waals surface area contributed by atoms with Crippen LogP contribution in [0, 0.1) is 0 Å². The number of ether oxygens (including phenoxy) is 1. The molecule has 1 aromatic heterocycles. The lowest BCUT2D eigenvalue weighted by Gasteiger charge is -2.24. The summed E-state index contributed by atoms with van der Waals surface area (Å²) in [6.07, 6.45) is 4.70. The molecule has 21 heavy (non-hydrogen) atoms. The third-order valence-corrected chi connectivity index (χ3v) is 5.82. The normalized spacial score (nSPS) is 24.0. The van der Waals surface area contributed by atoms with E-state index >= 15 is 0 Å². The molecule has 1 aliphatic heterocycles. The molecule has 0 fully saturated rings. The Morgan fingerprint density at radius 1 is 1.29 bits per heavy atom. The third-order valence-electron chi connectivity index (χ3n) is 4.58. The summed E-state index contributed by atoms with van der Waals surface area (Å²) in [6.45, 7) is 0.793. The summed E-state index contributed by atoms with van der Waals surface area (Å²) in [4.78, 5) is 6.51. The number of hydrogen-bond donors (Lipinski definition) is 1. The second kappa shape index (κ2) is 5.43. The van der Waals surface area contributed by atoms with Gasteiger partial charge in [0.2, 0.25) is 0 Å². The summed E-state index contributed by atoms with van der Waals surface area (Å²) >= 11 is 1.92. The van der Waals surface area contributed by atoms with Crippen molar-refractivity contribution in [1.82, 2.24) is 10.3 Å². The zero-order valence-corrected chi connectivity index (χ0v) is 13.1. The predicted molar refractivity (Wildman–Crippen MR) is 85.2 cm³/mol. The van der Waals surface area contributed by atoms with Gasteiger partial charge in [0.25, 0.3) is 0 Å². The molecule has 4 heteroatoms. The van der Waals surface area contributed by atoms with Crippen LogP contribution in [0.3, 0.4) is 0 Å². The molecule has 4 rings (SSSR count). The van der Waals surface area contributed by atoms with Gasteiger partial charge in [-0.2, -0.15) is 0 Å². The number of aromatic nitrogens is 1. The van der Waals surface area contributed by atoms with Gasteiger partial charge in [-0.25, -0.2) is 4.98 Å². The van der Waals surface area contributed by atoms with Crippen molar-refractivity contribution in [3.8, 4) is 5.75 Å². The lowest BCUT2D eigenvalue weighted by Crippen LogP contribution is -2.21.